The molecule has 0 radical (unpaired) electrons. The monoisotopic (exact) mass is 140 g/mol. The minimum absolute atomic E-state index is 0.155. The fourth-order valence-electron chi connectivity index (χ4n) is 0.495. The summed E-state index contributed by atoms with van der Waals surface area (Å²) in [6.07, 6.45) is 6.01. The van der Waals surface area contributed by atoms with E-state index in [0.717, 1.165) is 5.57 Å². The number of hydrogen-bond donors (Lipinski definition) is 1. The molecule has 0 aromatic carbocycles. The molecule has 0 aliphatic rings. The van der Waals surface area contributed by atoms with Crippen molar-refractivity contribution < 1.29 is 5.11 Å². The minimum Gasteiger partial charge on any atom is -0.392 e. The number of aliphatic hydroxyl groups is 1. The molecule has 0 saturated heterocycles. The lowest BCUT2D eigenvalue weighted by atomic mass is 10.2. The van der Waals surface area contributed by atoms with Crippen molar-refractivity contribution in [1.29, 1.82) is 0 Å². The lowest BCUT2D eigenvalue weighted by Crippen LogP contribution is -1.82. The van der Waals surface area contributed by atoms with Crippen molar-refractivity contribution in [2.45, 2.75) is 20.8 Å². The maximum absolute atomic E-state index is 8.60. The van der Waals surface area contributed by atoms with Crippen molar-refractivity contribution >= 4 is 0 Å². The molecule has 1 heteroatoms. The summed E-state index contributed by atoms with van der Waals surface area (Å²) in [5.41, 5.74) is 0.997. The van der Waals surface area contributed by atoms with Crippen LogP contribution in [0.25, 0.3) is 0 Å². The molecule has 0 aliphatic heterocycles. The zero-order chi connectivity index (χ0) is 7.98. The van der Waals surface area contributed by atoms with Crippen LogP contribution in [-0.4, -0.2) is 11.7 Å². The molecule has 0 heterocycles. The van der Waals surface area contributed by atoms with Crippen LogP contribution in [0.1, 0.15) is 20.8 Å². The molecule has 0 rings (SSSR count). The van der Waals surface area contributed by atoms with Crippen LogP contribution < -0.4 is 0 Å². The summed E-state index contributed by atoms with van der Waals surface area (Å²) >= 11 is 0. The van der Waals surface area contributed by atoms with Crippen molar-refractivity contribution in [3.63, 3.8) is 0 Å². The highest BCUT2D eigenvalue weighted by atomic mass is 16.3. The molecule has 0 spiro atoms. The van der Waals surface area contributed by atoms with Crippen LogP contribution in [0, 0.1) is 5.92 Å². The van der Waals surface area contributed by atoms with Crippen molar-refractivity contribution in [1.82, 2.24) is 0 Å². The molecule has 1 nitrogen and oxygen atoms in total. The average Bonchev–Trinajstić information content (AvgIpc) is 1.87. The van der Waals surface area contributed by atoms with Gasteiger partial charge in [0.15, 0.2) is 0 Å². The van der Waals surface area contributed by atoms with E-state index in [4.69, 9.17) is 5.11 Å². The van der Waals surface area contributed by atoms with Gasteiger partial charge in [-0.15, -0.1) is 0 Å². The fraction of sp³-hybridized carbons (Fsp3) is 0.556. The first kappa shape index (κ1) is 9.44. The number of rotatable bonds is 3. The molecule has 0 saturated carbocycles. The highest BCUT2D eigenvalue weighted by Crippen LogP contribution is 1.96. The second-order valence-electron chi connectivity index (χ2n) is 2.80. The Kier molecular flexibility index (Phi) is 4.95. The predicted octanol–water partition coefficient (Wildman–Crippen LogP) is 2.14. The van der Waals surface area contributed by atoms with Crippen LogP contribution in [0.4, 0.5) is 0 Å². The highest BCUT2D eigenvalue weighted by molar-refractivity contribution is 5.10. The Bertz CT molecular complexity index is 132. The van der Waals surface area contributed by atoms with Crippen LogP contribution in [0.15, 0.2) is 23.8 Å². The normalized spacial score (nSPS) is 13.5. The standard InChI is InChI=1S/C9H16O/c1-8(2)5-4-6-9(3)7-10/h4-6,8,10H,7H2,1-3H3/b5-4+,9-6+. The van der Waals surface area contributed by atoms with E-state index in [2.05, 4.69) is 19.9 Å². The molecular weight excluding hydrogens is 124 g/mol. The van der Waals surface area contributed by atoms with Crippen LogP contribution >= 0.6 is 0 Å². The SMILES string of the molecule is C/C(=C\C=C\C(C)C)CO. The number of aliphatic hydroxyl groups excluding tert-OH is 1. The molecule has 0 aromatic heterocycles. The van der Waals surface area contributed by atoms with Gasteiger partial charge in [0.2, 0.25) is 0 Å². The summed E-state index contributed by atoms with van der Waals surface area (Å²) in [4.78, 5) is 0. The first-order valence-electron chi connectivity index (χ1n) is 3.61. The molecule has 0 aromatic rings. The van der Waals surface area contributed by atoms with E-state index in [-0.39, 0.29) is 6.61 Å². The summed E-state index contributed by atoms with van der Waals surface area (Å²) in [5.74, 6) is 0.586. The van der Waals surface area contributed by atoms with E-state index in [1.54, 1.807) is 0 Å². The third kappa shape index (κ3) is 5.57. The summed E-state index contributed by atoms with van der Waals surface area (Å²) in [7, 11) is 0. The Labute approximate surface area is 63.1 Å². The van der Waals surface area contributed by atoms with E-state index in [9.17, 15) is 0 Å². The molecule has 0 unspecified atom stereocenters. The van der Waals surface area contributed by atoms with Gasteiger partial charge in [0.1, 0.15) is 0 Å². The number of allylic oxidation sites excluding steroid dienone is 3. The van der Waals surface area contributed by atoms with Crippen molar-refractivity contribution in [3.8, 4) is 0 Å². The molecule has 10 heavy (non-hydrogen) atoms. The summed E-state index contributed by atoms with van der Waals surface area (Å²) in [6.45, 7) is 6.31. The van der Waals surface area contributed by atoms with E-state index in [1.807, 2.05) is 19.1 Å². The van der Waals surface area contributed by atoms with Gasteiger partial charge >= 0.3 is 0 Å². The molecule has 0 bridgehead atoms. The van der Waals surface area contributed by atoms with Crippen molar-refractivity contribution in [2.24, 2.45) is 5.92 Å². The summed E-state index contributed by atoms with van der Waals surface area (Å²) in [6, 6.07) is 0. The van der Waals surface area contributed by atoms with Gasteiger partial charge in [-0.2, -0.15) is 0 Å². The van der Waals surface area contributed by atoms with Gasteiger partial charge in [0.25, 0.3) is 0 Å². The van der Waals surface area contributed by atoms with Crippen LogP contribution in [0.3, 0.4) is 0 Å². The van der Waals surface area contributed by atoms with E-state index < -0.39 is 0 Å². The maximum atomic E-state index is 8.60. The quantitative estimate of drug-likeness (QED) is 0.595. The third-order valence-electron chi connectivity index (χ3n) is 1.13. The van der Waals surface area contributed by atoms with Gasteiger partial charge < -0.3 is 5.11 Å². The molecule has 58 valence electrons. The highest BCUT2D eigenvalue weighted by Gasteiger charge is 1.82. The Morgan fingerprint density at radius 1 is 1.50 bits per heavy atom. The topological polar surface area (TPSA) is 20.2 Å². The first-order valence-corrected chi connectivity index (χ1v) is 3.61. The van der Waals surface area contributed by atoms with Gasteiger partial charge in [0, 0.05) is 0 Å². The summed E-state index contributed by atoms with van der Waals surface area (Å²) < 4.78 is 0. The minimum atomic E-state index is 0.155. The van der Waals surface area contributed by atoms with Gasteiger partial charge in [-0.3, -0.25) is 0 Å². The van der Waals surface area contributed by atoms with Gasteiger partial charge in [-0.05, 0) is 18.4 Å². The predicted molar refractivity (Wildman–Crippen MR) is 44.8 cm³/mol. The molecular formula is C9H16O. The average molecular weight is 140 g/mol. The second kappa shape index (κ2) is 5.24. The molecule has 0 aliphatic carbocycles. The molecule has 0 amide bonds. The maximum Gasteiger partial charge on any atom is 0.0642 e. The Morgan fingerprint density at radius 3 is 2.50 bits per heavy atom. The Balaban J connectivity index is 3.70. The largest absolute Gasteiger partial charge is 0.392 e. The lowest BCUT2D eigenvalue weighted by molar-refractivity contribution is 0.331. The van der Waals surface area contributed by atoms with Crippen molar-refractivity contribution in [3.05, 3.63) is 23.8 Å². The smallest absolute Gasteiger partial charge is 0.0642 e. The van der Waals surface area contributed by atoms with Crippen LogP contribution in [0.5, 0.6) is 0 Å². The van der Waals surface area contributed by atoms with Crippen molar-refractivity contribution in [2.75, 3.05) is 6.61 Å². The first-order chi connectivity index (χ1) is 4.66. The zero-order valence-electron chi connectivity index (χ0n) is 6.96. The molecule has 0 fully saturated rings. The number of hydrogen-bond acceptors (Lipinski definition) is 1. The Morgan fingerprint density at radius 2 is 2.10 bits per heavy atom. The van der Waals surface area contributed by atoms with Gasteiger partial charge in [-0.1, -0.05) is 32.1 Å². The van der Waals surface area contributed by atoms with E-state index in [1.165, 1.54) is 0 Å². The van der Waals surface area contributed by atoms with Gasteiger partial charge in [-0.25, -0.2) is 0 Å². The molecule has 1 N–H and O–H groups in total. The fourth-order valence-corrected chi connectivity index (χ4v) is 0.495. The summed E-state index contributed by atoms with van der Waals surface area (Å²) in [5, 5.41) is 8.60. The van der Waals surface area contributed by atoms with Crippen LogP contribution in [0.2, 0.25) is 0 Å². The van der Waals surface area contributed by atoms with E-state index in [0.29, 0.717) is 5.92 Å². The lowest BCUT2D eigenvalue weighted by Gasteiger charge is -1.91. The Hall–Kier alpha value is -0.560. The second-order valence-corrected chi connectivity index (χ2v) is 2.80. The zero-order valence-corrected chi connectivity index (χ0v) is 6.96. The van der Waals surface area contributed by atoms with Crippen LogP contribution in [-0.2, 0) is 0 Å². The van der Waals surface area contributed by atoms with E-state index >= 15 is 0 Å². The third-order valence-corrected chi connectivity index (χ3v) is 1.13. The van der Waals surface area contributed by atoms with Gasteiger partial charge in [0.05, 0.1) is 6.61 Å². The molecule has 0 atom stereocenters.